The van der Waals surface area contributed by atoms with E-state index in [-0.39, 0.29) is 6.04 Å². The van der Waals surface area contributed by atoms with Crippen LogP contribution in [-0.2, 0) is 11.0 Å². The van der Waals surface area contributed by atoms with Crippen molar-refractivity contribution in [3.8, 4) is 11.4 Å². The maximum absolute atomic E-state index is 12.2. The van der Waals surface area contributed by atoms with Gasteiger partial charge in [-0.05, 0) is 54.7 Å². The molecule has 1 heterocycles. The molecule has 1 aromatic heterocycles. The highest BCUT2D eigenvalue weighted by Crippen LogP contribution is 2.41. The van der Waals surface area contributed by atoms with E-state index in [1.165, 1.54) is 11.8 Å². The van der Waals surface area contributed by atoms with Crippen molar-refractivity contribution in [3.05, 3.63) is 17.7 Å². The van der Waals surface area contributed by atoms with Gasteiger partial charge < -0.3 is 5.73 Å². The van der Waals surface area contributed by atoms with Crippen molar-refractivity contribution < 1.29 is 4.21 Å². The smallest absolute Gasteiger partial charge is 0.206 e. The van der Waals surface area contributed by atoms with Gasteiger partial charge in [-0.3, -0.25) is 0 Å². The zero-order valence-electron chi connectivity index (χ0n) is 12.9. The summed E-state index contributed by atoms with van der Waals surface area (Å²) < 4.78 is 12.2. The lowest BCUT2D eigenvalue weighted by Gasteiger charge is -2.28. The van der Waals surface area contributed by atoms with E-state index >= 15 is 0 Å². The van der Waals surface area contributed by atoms with Crippen molar-refractivity contribution >= 4 is 22.7 Å². The van der Waals surface area contributed by atoms with Crippen molar-refractivity contribution in [2.24, 2.45) is 10.9 Å². The monoisotopic (exact) mass is 352 g/mol. The van der Waals surface area contributed by atoms with Gasteiger partial charge in [-0.2, -0.15) is 5.21 Å². The molecular formula is C14H20N6OS2. The van der Waals surface area contributed by atoms with E-state index < -0.39 is 11.0 Å². The molecule has 2 aromatic rings. The summed E-state index contributed by atoms with van der Waals surface area (Å²) in [4.78, 5) is 1.47. The fourth-order valence-corrected chi connectivity index (χ4v) is 4.87. The van der Waals surface area contributed by atoms with E-state index in [9.17, 15) is 4.21 Å². The molecule has 1 aliphatic rings. The third kappa shape index (κ3) is 3.32. The minimum Gasteiger partial charge on any atom is -0.328 e. The van der Waals surface area contributed by atoms with Gasteiger partial charge in [0, 0.05) is 16.5 Å². The summed E-state index contributed by atoms with van der Waals surface area (Å²) >= 11 is 1.51. The highest BCUT2D eigenvalue weighted by Gasteiger charge is 2.28. The number of tetrazole rings is 1. The summed E-state index contributed by atoms with van der Waals surface area (Å²) in [6.07, 6.45) is 5.91. The molecule has 9 heteroatoms. The molecule has 3 rings (SSSR count). The lowest BCUT2D eigenvalue weighted by molar-refractivity contribution is 0.395. The molecule has 23 heavy (non-hydrogen) atoms. The molecule has 0 radical (unpaired) electrons. The van der Waals surface area contributed by atoms with Crippen LogP contribution >= 0.6 is 11.8 Å². The number of aromatic amines is 1. The Hall–Kier alpha value is -1.29. The van der Waals surface area contributed by atoms with E-state index in [4.69, 9.17) is 10.9 Å². The minimum absolute atomic E-state index is 0.272. The Morgan fingerprint density at radius 1 is 1.30 bits per heavy atom. The number of hydrogen-bond acceptors (Lipinski definition) is 6. The van der Waals surface area contributed by atoms with Crippen molar-refractivity contribution in [3.63, 3.8) is 0 Å². The number of hydrogen-bond donors (Lipinski definition) is 3. The molecule has 0 spiro atoms. The molecule has 7 nitrogen and oxygen atoms in total. The number of nitrogens with one attached hydrogen (secondary N) is 1. The maximum Gasteiger partial charge on any atom is 0.206 e. The number of aromatic nitrogens is 4. The molecule has 1 atom stereocenters. The van der Waals surface area contributed by atoms with Gasteiger partial charge in [0.1, 0.15) is 11.0 Å². The molecular weight excluding hydrogens is 332 g/mol. The molecule has 5 N–H and O–H groups in total. The third-order valence-corrected chi connectivity index (χ3v) is 6.09. The fraction of sp³-hybridized carbons (Fsp3) is 0.500. The van der Waals surface area contributed by atoms with E-state index in [1.807, 2.05) is 12.3 Å². The van der Waals surface area contributed by atoms with Crippen LogP contribution in [0.2, 0.25) is 0 Å². The number of H-pyrrole nitrogens is 1. The van der Waals surface area contributed by atoms with Crippen LogP contribution < -0.4 is 10.9 Å². The molecule has 0 bridgehead atoms. The molecule has 1 unspecified atom stereocenters. The van der Waals surface area contributed by atoms with E-state index in [1.54, 1.807) is 0 Å². The molecule has 124 valence electrons. The van der Waals surface area contributed by atoms with Gasteiger partial charge in [-0.15, -0.1) is 22.0 Å². The van der Waals surface area contributed by atoms with Gasteiger partial charge in [0.25, 0.3) is 0 Å². The van der Waals surface area contributed by atoms with E-state index in [2.05, 4.69) is 26.7 Å². The molecule has 1 aliphatic carbocycles. The minimum atomic E-state index is -1.63. The van der Waals surface area contributed by atoms with E-state index in [0.717, 1.165) is 41.7 Å². The SMILES string of the molecule is CSc1ccc(C2CCC(N)CC2)c(-c2nn[nH]n2)c1S(N)=O. The van der Waals surface area contributed by atoms with Gasteiger partial charge in [-0.25, -0.2) is 9.35 Å². The number of rotatable bonds is 4. The number of nitrogens with zero attached hydrogens (tertiary/aromatic N) is 3. The molecule has 0 amide bonds. The molecule has 1 saturated carbocycles. The van der Waals surface area contributed by atoms with Gasteiger partial charge in [0.05, 0.1) is 4.90 Å². The maximum atomic E-state index is 12.2. The van der Waals surface area contributed by atoms with Crippen LogP contribution in [0.4, 0.5) is 0 Å². The summed E-state index contributed by atoms with van der Waals surface area (Å²) in [6, 6.07) is 4.33. The second-order valence-electron chi connectivity index (χ2n) is 5.71. The molecule has 0 saturated heterocycles. The number of nitrogens with two attached hydrogens (primary N) is 2. The lowest BCUT2D eigenvalue weighted by atomic mass is 9.80. The number of benzene rings is 1. The van der Waals surface area contributed by atoms with Gasteiger partial charge in [-0.1, -0.05) is 6.07 Å². The topological polar surface area (TPSA) is 124 Å². The Morgan fingerprint density at radius 3 is 2.61 bits per heavy atom. The summed E-state index contributed by atoms with van der Waals surface area (Å²) in [5, 5.41) is 20.1. The van der Waals surface area contributed by atoms with Crippen LogP contribution in [0.25, 0.3) is 11.4 Å². The Morgan fingerprint density at radius 2 is 2.04 bits per heavy atom. The van der Waals surface area contributed by atoms with Crippen molar-refractivity contribution in [1.29, 1.82) is 0 Å². The molecule has 0 aliphatic heterocycles. The Balaban J connectivity index is 2.16. The normalized spacial score (nSPS) is 22.9. The van der Waals surface area contributed by atoms with Crippen molar-refractivity contribution in [1.82, 2.24) is 20.6 Å². The van der Waals surface area contributed by atoms with Gasteiger partial charge in [0.15, 0.2) is 0 Å². The summed E-state index contributed by atoms with van der Waals surface area (Å²) in [6.45, 7) is 0. The first-order valence-electron chi connectivity index (χ1n) is 7.48. The van der Waals surface area contributed by atoms with Crippen molar-refractivity contribution in [2.45, 2.75) is 47.4 Å². The second-order valence-corrected chi connectivity index (χ2v) is 7.56. The van der Waals surface area contributed by atoms with Crippen LogP contribution in [0.15, 0.2) is 21.9 Å². The highest BCUT2D eigenvalue weighted by molar-refractivity contribution is 7.99. The van der Waals surface area contributed by atoms with Crippen molar-refractivity contribution in [2.75, 3.05) is 6.26 Å². The highest BCUT2D eigenvalue weighted by atomic mass is 32.2. The molecule has 1 fully saturated rings. The Bertz CT molecular complexity index is 698. The first-order valence-corrected chi connectivity index (χ1v) is 9.92. The van der Waals surface area contributed by atoms with Gasteiger partial charge in [0.2, 0.25) is 5.82 Å². The standard InChI is InChI=1S/C14H20N6OS2/c1-22-11-7-6-10(8-2-4-9(15)5-3-8)12(13(11)23(16)21)14-17-19-20-18-14/h6-9H,2-5,15-16H2,1H3,(H,17,18,19,20). The second kappa shape index (κ2) is 7.08. The van der Waals surface area contributed by atoms with Crippen LogP contribution in [0.1, 0.15) is 37.2 Å². The third-order valence-electron chi connectivity index (χ3n) is 4.36. The predicted octanol–water partition coefficient (Wildman–Crippen LogP) is 1.55. The van der Waals surface area contributed by atoms with E-state index in [0.29, 0.717) is 16.6 Å². The average molecular weight is 352 g/mol. The molecule has 1 aromatic carbocycles. The first kappa shape index (κ1) is 16.6. The summed E-state index contributed by atoms with van der Waals surface area (Å²) in [5.74, 6) is 0.793. The largest absolute Gasteiger partial charge is 0.328 e. The fourth-order valence-electron chi connectivity index (χ4n) is 3.21. The van der Waals surface area contributed by atoms with Gasteiger partial charge >= 0.3 is 0 Å². The predicted molar refractivity (Wildman–Crippen MR) is 91.2 cm³/mol. The van der Waals surface area contributed by atoms with Crippen LogP contribution in [0, 0.1) is 0 Å². The first-order chi connectivity index (χ1) is 11.1. The van der Waals surface area contributed by atoms with Crippen LogP contribution in [0.3, 0.4) is 0 Å². The summed E-state index contributed by atoms with van der Waals surface area (Å²) in [5.41, 5.74) is 7.86. The Kier molecular flexibility index (Phi) is 5.10. The Labute approximate surface area is 141 Å². The average Bonchev–Trinajstić information content (AvgIpc) is 3.08. The number of thioether (sulfide) groups is 1. The quantitative estimate of drug-likeness (QED) is 0.717. The van der Waals surface area contributed by atoms with Crippen LogP contribution in [-0.4, -0.2) is 37.1 Å². The zero-order valence-corrected chi connectivity index (χ0v) is 14.5. The zero-order chi connectivity index (χ0) is 16.4. The summed E-state index contributed by atoms with van der Waals surface area (Å²) in [7, 11) is -1.63. The van der Waals surface area contributed by atoms with Crippen LogP contribution in [0.5, 0.6) is 0 Å². The lowest BCUT2D eigenvalue weighted by Crippen LogP contribution is -2.26.